The standard InChI is InChI=1S/C24H32O6/c1-21(2)29-19-10-16-15-6-5-13-9-14(26)7-8-22(13,3)20(15)17(27)11-23(16,4)24(19,30-21)18(28)12-25/h7-9,15-17,19-20,25,27H,5-6,10-12H2,1-4H3/t15?,16?,17?,19-,20?,22?,23?,24-/m1/s1. The van der Waals surface area contributed by atoms with Gasteiger partial charge >= 0.3 is 0 Å². The molecular weight excluding hydrogens is 384 g/mol. The first-order valence-corrected chi connectivity index (χ1v) is 11.1. The van der Waals surface area contributed by atoms with Crippen LogP contribution >= 0.6 is 0 Å². The number of ketones is 2. The molecule has 0 bridgehead atoms. The van der Waals surface area contributed by atoms with Crippen LogP contribution in [0.5, 0.6) is 0 Å². The monoisotopic (exact) mass is 416 g/mol. The van der Waals surface area contributed by atoms with Crippen molar-refractivity contribution in [3.63, 3.8) is 0 Å². The van der Waals surface area contributed by atoms with Crippen molar-refractivity contribution in [3.8, 4) is 0 Å². The lowest BCUT2D eigenvalue weighted by Gasteiger charge is -2.59. The number of allylic oxidation sites excluding steroid dienone is 4. The van der Waals surface area contributed by atoms with Gasteiger partial charge in [0.1, 0.15) is 6.61 Å². The van der Waals surface area contributed by atoms with Gasteiger partial charge in [-0.05, 0) is 63.5 Å². The number of carbonyl (C=O) groups excluding carboxylic acids is 2. The van der Waals surface area contributed by atoms with Crippen LogP contribution in [-0.4, -0.2) is 52.0 Å². The summed E-state index contributed by atoms with van der Waals surface area (Å²) in [6.07, 6.45) is 7.04. The highest BCUT2D eigenvalue weighted by Gasteiger charge is 2.76. The fourth-order valence-corrected chi connectivity index (χ4v) is 8.04. The van der Waals surface area contributed by atoms with Crippen LogP contribution in [0.1, 0.15) is 53.4 Å². The zero-order valence-electron chi connectivity index (χ0n) is 18.2. The molecular formula is C24H32O6. The average molecular weight is 417 g/mol. The van der Waals surface area contributed by atoms with Gasteiger partial charge in [0, 0.05) is 16.7 Å². The molecule has 30 heavy (non-hydrogen) atoms. The van der Waals surface area contributed by atoms with E-state index in [1.54, 1.807) is 26.0 Å². The lowest BCUT2D eigenvalue weighted by atomic mass is 9.46. The molecule has 4 aliphatic carbocycles. The lowest BCUT2D eigenvalue weighted by molar-refractivity contribution is -0.225. The van der Waals surface area contributed by atoms with Crippen molar-refractivity contribution >= 4 is 11.6 Å². The van der Waals surface area contributed by atoms with Crippen LogP contribution in [0.4, 0.5) is 0 Å². The van der Waals surface area contributed by atoms with E-state index in [2.05, 4.69) is 6.92 Å². The Morgan fingerprint density at radius 2 is 2.00 bits per heavy atom. The van der Waals surface area contributed by atoms with E-state index in [0.29, 0.717) is 12.8 Å². The summed E-state index contributed by atoms with van der Waals surface area (Å²) >= 11 is 0. The summed E-state index contributed by atoms with van der Waals surface area (Å²) in [6, 6.07) is 0. The predicted octanol–water partition coefficient (Wildman–Crippen LogP) is 2.33. The van der Waals surface area contributed by atoms with Crippen molar-refractivity contribution in [2.75, 3.05) is 6.61 Å². The maximum atomic E-state index is 13.2. The second kappa shape index (κ2) is 6.12. The van der Waals surface area contributed by atoms with E-state index < -0.39 is 35.6 Å². The second-order valence-corrected chi connectivity index (χ2v) is 10.9. The van der Waals surface area contributed by atoms with Crippen LogP contribution in [0, 0.1) is 28.6 Å². The van der Waals surface area contributed by atoms with Crippen molar-refractivity contribution in [1.82, 2.24) is 0 Å². The van der Waals surface area contributed by atoms with E-state index in [0.717, 1.165) is 18.4 Å². The molecule has 0 radical (unpaired) electrons. The Labute approximate surface area is 177 Å². The lowest BCUT2D eigenvalue weighted by Crippen LogP contribution is -2.63. The number of fused-ring (bicyclic) bond motifs is 7. The van der Waals surface area contributed by atoms with Gasteiger partial charge in [-0.2, -0.15) is 0 Å². The number of hydrogen-bond acceptors (Lipinski definition) is 6. The van der Waals surface area contributed by atoms with Crippen LogP contribution in [0.25, 0.3) is 0 Å². The third kappa shape index (κ3) is 2.34. The van der Waals surface area contributed by atoms with Crippen molar-refractivity contribution < 1.29 is 29.3 Å². The quantitative estimate of drug-likeness (QED) is 0.718. The summed E-state index contributed by atoms with van der Waals surface area (Å²) in [5.74, 6) is -0.947. The molecule has 0 aromatic heterocycles. The molecule has 0 amide bonds. The first kappa shape index (κ1) is 20.6. The van der Waals surface area contributed by atoms with Crippen LogP contribution in [0.15, 0.2) is 23.8 Å². The Balaban J connectivity index is 1.59. The zero-order chi connectivity index (χ0) is 21.7. The molecule has 2 N–H and O–H groups in total. The third-order valence-corrected chi connectivity index (χ3v) is 9.05. The third-order valence-electron chi connectivity index (χ3n) is 9.05. The van der Waals surface area contributed by atoms with Gasteiger partial charge in [0.15, 0.2) is 23.0 Å². The van der Waals surface area contributed by atoms with Crippen LogP contribution in [-0.2, 0) is 19.1 Å². The topological polar surface area (TPSA) is 93.1 Å². The van der Waals surface area contributed by atoms with Crippen molar-refractivity contribution in [2.24, 2.45) is 28.6 Å². The summed E-state index contributed by atoms with van der Waals surface area (Å²) < 4.78 is 12.6. The number of ether oxygens (including phenoxy) is 2. The van der Waals surface area contributed by atoms with Gasteiger partial charge in [-0.3, -0.25) is 9.59 Å². The van der Waals surface area contributed by atoms with Gasteiger partial charge in [-0.15, -0.1) is 0 Å². The fraction of sp³-hybridized carbons (Fsp3) is 0.750. The van der Waals surface area contributed by atoms with Crippen molar-refractivity contribution in [1.29, 1.82) is 0 Å². The molecule has 164 valence electrons. The maximum Gasteiger partial charge on any atom is 0.193 e. The molecule has 0 aromatic rings. The van der Waals surface area contributed by atoms with Gasteiger partial charge in [0.05, 0.1) is 12.2 Å². The minimum Gasteiger partial charge on any atom is -0.393 e. The Kier molecular flexibility index (Phi) is 4.20. The number of aliphatic hydroxyl groups excluding tert-OH is 2. The van der Waals surface area contributed by atoms with Crippen molar-refractivity contribution in [3.05, 3.63) is 23.8 Å². The van der Waals surface area contributed by atoms with E-state index in [-0.39, 0.29) is 34.7 Å². The number of rotatable bonds is 2. The van der Waals surface area contributed by atoms with E-state index in [9.17, 15) is 19.8 Å². The Morgan fingerprint density at radius 3 is 2.70 bits per heavy atom. The van der Waals surface area contributed by atoms with Gasteiger partial charge in [-0.25, -0.2) is 0 Å². The summed E-state index contributed by atoms with van der Waals surface area (Å²) in [5.41, 5.74) is -1.12. The van der Waals surface area contributed by atoms with Crippen LogP contribution in [0.3, 0.4) is 0 Å². The molecule has 6 unspecified atom stereocenters. The van der Waals surface area contributed by atoms with E-state index in [1.807, 2.05) is 13.0 Å². The molecule has 1 aliphatic heterocycles. The Morgan fingerprint density at radius 1 is 1.27 bits per heavy atom. The molecule has 5 aliphatic rings. The summed E-state index contributed by atoms with van der Waals surface area (Å²) in [5, 5.41) is 21.3. The highest BCUT2D eigenvalue weighted by molar-refractivity contribution is 6.01. The molecule has 1 saturated heterocycles. The first-order valence-electron chi connectivity index (χ1n) is 11.1. The molecule has 5 rings (SSSR count). The number of Topliss-reactive ketones (excluding diaryl/α,β-unsaturated/α-hetero) is 1. The highest BCUT2D eigenvalue weighted by atomic mass is 16.8. The predicted molar refractivity (Wildman–Crippen MR) is 108 cm³/mol. The molecule has 8 atom stereocenters. The number of hydrogen-bond donors (Lipinski definition) is 2. The summed E-state index contributed by atoms with van der Waals surface area (Å²) in [6.45, 7) is 7.19. The maximum absolute atomic E-state index is 13.2. The highest BCUT2D eigenvalue weighted by Crippen LogP contribution is 2.70. The van der Waals surface area contributed by atoms with Crippen LogP contribution < -0.4 is 0 Å². The SMILES string of the molecule is CC1(C)O[C@@H]2CC3C4CCC5=CC(=O)C=CC5(C)C4C(O)CC3(C)[C@]2(C(=O)CO)O1. The molecule has 1 heterocycles. The van der Waals surface area contributed by atoms with Gasteiger partial charge in [0.2, 0.25) is 0 Å². The molecule has 0 spiro atoms. The molecule has 6 heteroatoms. The summed E-state index contributed by atoms with van der Waals surface area (Å²) in [7, 11) is 0. The van der Waals surface area contributed by atoms with E-state index >= 15 is 0 Å². The molecule has 6 nitrogen and oxygen atoms in total. The Hall–Kier alpha value is -1.34. The minimum absolute atomic E-state index is 0.0167. The van der Waals surface area contributed by atoms with Crippen LogP contribution in [0.2, 0.25) is 0 Å². The number of carbonyl (C=O) groups is 2. The molecule has 0 aromatic carbocycles. The van der Waals surface area contributed by atoms with Crippen molar-refractivity contribution in [2.45, 2.75) is 77.0 Å². The van der Waals surface area contributed by atoms with Gasteiger partial charge in [0.25, 0.3) is 0 Å². The first-order chi connectivity index (χ1) is 14.0. The smallest absolute Gasteiger partial charge is 0.193 e. The van der Waals surface area contributed by atoms with Gasteiger partial charge in [-0.1, -0.05) is 25.5 Å². The van der Waals surface area contributed by atoms with Gasteiger partial charge < -0.3 is 19.7 Å². The second-order valence-electron chi connectivity index (χ2n) is 10.9. The van der Waals surface area contributed by atoms with E-state index in [4.69, 9.17) is 9.47 Å². The van der Waals surface area contributed by atoms with E-state index in [1.165, 1.54) is 0 Å². The fourth-order valence-electron chi connectivity index (χ4n) is 8.04. The summed E-state index contributed by atoms with van der Waals surface area (Å²) in [4.78, 5) is 25.1. The largest absolute Gasteiger partial charge is 0.393 e. The molecule has 4 fully saturated rings. The Bertz CT molecular complexity index is 873. The normalized spacial score (nSPS) is 50.9. The zero-order valence-corrected chi connectivity index (χ0v) is 18.2. The molecule has 3 saturated carbocycles. The average Bonchev–Trinajstić information content (AvgIpc) is 3.07. The minimum atomic E-state index is -1.24. The number of aliphatic hydroxyl groups is 2.